The number of hydrogen-bond acceptors (Lipinski definition) is 3. The molecule has 0 fully saturated rings. The van der Waals surface area contributed by atoms with E-state index in [9.17, 15) is 0 Å². The lowest BCUT2D eigenvalue weighted by Crippen LogP contribution is -2.19. The normalized spacial score (nSPS) is 12.4. The van der Waals surface area contributed by atoms with Crippen molar-refractivity contribution in [3.8, 4) is 11.3 Å². The van der Waals surface area contributed by atoms with Gasteiger partial charge in [-0.05, 0) is 42.3 Å². The van der Waals surface area contributed by atoms with Crippen LogP contribution in [0, 0.1) is 0 Å². The highest BCUT2D eigenvalue weighted by molar-refractivity contribution is 5.95. The first-order valence-corrected chi connectivity index (χ1v) is 9.09. The van der Waals surface area contributed by atoms with Crippen LogP contribution in [0.1, 0.15) is 13.3 Å². The van der Waals surface area contributed by atoms with Crippen molar-refractivity contribution < 1.29 is 0 Å². The highest BCUT2D eigenvalue weighted by Gasteiger charge is 2.08. The molecule has 1 heterocycles. The van der Waals surface area contributed by atoms with Gasteiger partial charge in [0.25, 0.3) is 0 Å². The first kappa shape index (κ1) is 16.6. The fourth-order valence-corrected chi connectivity index (χ4v) is 3.25. The van der Waals surface area contributed by atoms with Crippen LogP contribution in [0.4, 0.5) is 5.69 Å². The molecule has 0 saturated heterocycles. The van der Waals surface area contributed by atoms with Gasteiger partial charge in [-0.2, -0.15) is 0 Å². The zero-order chi connectivity index (χ0) is 17.9. The van der Waals surface area contributed by atoms with E-state index in [1.807, 2.05) is 13.0 Å². The van der Waals surface area contributed by atoms with Gasteiger partial charge in [-0.15, -0.1) is 0 Å². The van der Waals surface area contributed by atoms with E-state index in [4.69, 9.17) is 10.7 Å². The Hall–Kier alpha value is -2.91. The molecule has 1 atom stereocenters. The molecular formula is C23H23N3. The number of hydrogen-bond donors (Lipinski definition) is 2. The number of anilines is 1. The lowest BCUT2D eigenvalue weighted by atomic mass is 10.0. The Bertz CT molecular complexity index is 1050. The predicted octanol–water partition coefficient (Wildman–Crippen LogP) is 5.20. The Morgan fingerprint density at radius 1 is 0.923 bits per heavy atom. The molecule has 0 aliphatic heterocycles. The van der Waals surface area contributed by atoms with Gasteiger partial charge in [-0.1, -0.05) is 54.6 Å². The van der Waals surface area contributed by atoms with Gasteiger partial charge in [-0.3, -0.25) is 0 Å². The maximum Gasteiger partial charge on any atom is 0.0730 e. The van der Waals surface area contributed by atoms with E-state index in [1.54, 1.807) is 0 Å². The summed E-state index contributed by atoms with van der Waals surface area (Å²) in [5.41, 5.74) is 10.1. The number of benzene rings is 3. The van der Waals surface area contributed by atoms with Gasteiger partial charge in [0.15, 0.2) is 0 Å². The van der Waals surface area contributed by atoms with Crippen molar-refractivity contribution in [2.45, 2.75) is 19.4 Å². The van der Waals surface area contributed by atoms with E-state index >= 15 is 0 Å². The van der Waals surface area contributed by atoms with Crippen LogP contribution >= 0.6 is 0 Å². The zero-order valence-electron chi connectivity index (χ0n) is 14.9. The Morgan fingerprint density at radius 2 is 1.69 bits per heavy atom. The highest BCUT2D eigenvalue weighted by Crippen LogP contribution is 2.30. The first-order valence-electron chi connectivity index (χ1n) is 9.09. The largest absolute Gasteiger partial charge is 0.384 e. The van der Waals surface area contributed by atoms with E-state index in [-0.39, 0.29) is 6.04 Å². The molecule has 3 heteroatoms. The first-order chi connectivity index (χ1) is 12.7. The van der Waals surface area contributed by atoms with Crippen molar-refractivity contribution in [1.29, 1.82) is 0 Å². The van der Waals surface area contributed by atoms with Crippen molar-refractivity contribution in [3.05, 3.63) is 72.8 Å². The van der Waals surface area contributed by atoms with E-state index in [2.05, 4.69) is 72.0 Å². The van der Waals surface area contributed by atoms with Crippen LogP contribution in [-0.2, 0) is 0 Å². The zero-order valence-corrected chi connectivity index (χ0v) is 14.9. The number of aromatic nitrogens is 1. The molecule has 0 bridgehead atoms. The average molecular weight is 341 g/mol. The summed E-state index contributed by atoms with van der Waals surface area (Å²) >= 11 is 0. The van der Waals surface area contributed by atoms with Gasteiger partial charge in [-0.25, -0.2) is 4.98 Å². The molecular weight excluding hydrogens is 318 g/mol. The monoisotopic (exact) mass is 341 g/mol. The summed E-state index contributed by atoms with van der Waals surface area (Å²) < 4.78 is 0. The predicted molar refractivity (Wildman–Crippen MR) is 111 cm³/mol. The van der Waals surface area contributed by atoms with Crippen molar-refractivity contribution >= 4 is 27.4 Å². The van der Waals surface area contributed by atoms with Gasteiger partial charge in [0.2, 0.25) is 0 Å². The minimum absolute atomic E-state index is 0.190. The molecule has 4 rings (SSSR count). The van der Waals surface area contributed by atoms with Crippen LogP contribution in [0.25, 0.3) is 32.9 Å². The molecule has 26 heavy (non-hydrogen) atoms. The minimum atomic E-state index is 0.190. The molecule has 0 amide bonds. The van der Waals surface area contributed by atoms with Gasteiger partial charge < -0.3 is 11.1 Å². The summed E-state index contributed by atoms with van der Waals surface area (Å²) in [5, 5.41) is 7.16. The molecule has 1 unspecified atom stereocenters. The van der Waals surface area contributed by atoms with Crippen molar-refractivity contribution in [2.24, 2.45) is 5.73 Å². The van der Waals surface area contributed by atoms with Crippen LogP contribution in [0.3, 0.4) is 0 Å². The molecule has 0 aliphatic rings. The molecule has 1 aromatic heterocycles. The molecule has 3 aromatic carbocycles. The summed E-state index contributed by atoms with van der Waals surface area (Å²) in [6, 6.07) is 25.5. The maximum absolute atomic E-state index is 5.89. The average Bonchev–Trinajstić information content (AvgIpc) is 2.67. The van der Waals surface area contributed by atoms with E-state index < -0.39 is 0 Å². The second-order valence-corrected chi connectivity index (χ2v) is 6.83. The topological polar surface area (TPSA) is 50.9 Å². The van der Waals surface area contributed by atoms with Crippen LogP contribution in [0.5, 0.6) is 0 Å². The quantitative estimate of drug-likeness (QED) is 0.524. The lowest BCUT2D eigenvalue weighted by Gasteiger charge is -2.13. The highest BCUT2D eigenvalue weighted by atomic mass is 14.9. The number of para-hydroxylation sites is 1. The molecule has 0 spiro atoms. The molecule has 3 nitrogen and oxygen atoms in total. The second-order valence-electron chi connectivity index (χ2n) is 6.83. The Labute approximate surface area is 153 Å². The number of pyridine rings is 1. The Morgan fingerprint density at radius 3 is 2.54 bits per heavy atom. The lowest BCUT2D eigenvalue weighted by molar-refractivity contribution is 0.690. The van der Waals surface area contributed by atoms with Crippen molar-refractivity contribution in [3.63, 3.8) is 0 Å². The van der Waals surface area contributed by atoms with Crippen molar-refractivity contribution in [1.82, 2.24) is 4.98 Å². The number of rotatable bonds is 5. The maximum atomic E-state index is 5.89. The van der Waals surface area contributed by atoms with Crippen LogP contribution < -0.4 is 11.1 Å². The SMILES string of the molecule is CC(N)CCNc1cc(-c2ccc3ccccc3c2)nc2ccccc12. The fourth-order valence-electron chi connectivity index (χ4n) is 3.25. The summed E-state index contributed by atoms with van der Waals surface area (Å²) in [4.78, 5) is 4.89. The molecule has 0 saturated carbocycles. The number of nitrogens with two attached hydrogens (primary N) is 1. The van der Waals surface area contributed by atoms with Crippen LogP contribution in [0.15, 0.2) is 72.8 Å². The molecule has 0 aliphatic carbocycles. The number of nitrogens with one attached hydrogen (secondary N) is 1. The number of fused-ring (bicyclic) bond motifs is 2. The fraction of sp³-hybridized carbons (Fsp3) is 0.174. The van der Waals surface area contributed by atoms with Crippen molar-refractivity contribution in [2.75, 3.05) is 11.9 Å². The standard InChI is InChI=1S/C23H23N3/c1-16(24)12-13-25-23-15-22(26-21-9-5-4-8-20(21)23)19-11-10-17-6-2-3-7-18(17)14-19/h2-11,14-16H,12-13,24H2,1H3,(H,25,26). The third-order valence-electron chi connectivity index (χ3n) is 4.68. The van der Waals surface area contributed by atoms with E-state index in [0.29, 0.717) is 0 Å². The molecule has 0 radical (unpaired) electrons. The summed E-state index contributed by atoms with van der Waals surface area (Å²) in [6.45, 7) is 2.88. The van der Waals surface area contributed by atoms with Gasteiger partial charge in [0, 0.05) is 29.2 Å². The van der Waals surface area contributed by atoms with Gasteiger partial charge in [0.05, 0.1) is 11.2 Å². The summed E-state index contributed by atoms with van der Waals surface area (Å²) in [6.07, 6.45) is 0.932. The van der Waals surface area contributed by atoms with Gasteiger partial charge >= 0.3 is 0 Å². The molecule has 4 aromatic rings. The molecule has 130 valence electrons. The van der Waals surface area contributed by atoms with Crippen LogP contribution in [-0.4, -0.2) is 17.6 Å². The van der Waals surface area contributed by atoms with E-state index in [0.717, 1.165) is 40.8 Å². The summed E-state index contributed by atoms with van der Waals surface area (Å²) in [7, 11) is 0. The smallest absolute Gasteiger partial charge is 0.0730 e. The minimum Gasteiger partial charge on any atom is -0.384 e. The van der Waals surface area contributed by atoms with E-state index in [1.165, 1.54) is 10.8 Å². The Balaban J connectivity index is 1.78. The second kappa shape index (κ2) is 7.14. The third-order valence-corrected chi connectivity index (χ3v) is 4.68. The number of nitrogens with zero attached hydrogens (tertiary/aromatic N) is 1. The summed E-state index contributed by atoms with van der Waals surface area (Å²) in [5.74, 6) is 0. The van der Waals surface area contributed by atoms with Crippen LogP contribution in [0.2, 0.25) is 0 Å². The molecule has 3 N–H and O–H groups in total. The third kappa shape index (κ3) is 3.39. The Kier molecular flexibility index (Phi) is 4.55. The van der Waals surface area contributed by atoms with Gasteiger partial charge in [0.1, 0.15) is 0 Å².